The van der Waals surface area contributed by atoms with E-state index < -0.39 is 5.97 Å². The highest BCUT2D eigenvalue weighted by Crippen LogP contribution is 2.23. The molecule has 0 radical (unpaired) electrons. The lowest BCUT2D eigenvalue weighted by atomic mass is 10.2. The second kappa shape index (κ2) is 6.91. The summed E-state index contributed by atoms with van der Waals surface area (Å²) < 4.78 is 7.17. The fourth-order valence-electron chi connectivity index (χ4n) is 3.23. The standard InChI is InChI=1S/C19H22N2O3/c1-3-21(14-8-4-5-9-14)18(22)13-24-19(23)16-12-20(2)17-11-7-6-10-15(16)17/h6-8,10-12H,3-5,9,13H2,1-2H3. The van der Waals surface area contributed by atoms with E-state index in [2.05, 4.69) is 6.08 Å². The minimum Gasteiger partial charge on any atom is -0.452 e. The van der Waals surface area contributed by atoms with E-state index in [1.165, 1.54) is 0 Å². The maximum Gasteiger partial charge on any atom is 0.340 e. The van der Waals surface area contributed by atoms with Gasteiger partial charge in [-0.25, -0.2) is 4.79 Å². The Morgan fingerprint density at radius 2 is 2.08 bits per heavy atom. The van der Waals surface area contributed by atoms with Crippen molar-refractivity contribution >= 4 is 22.8 Å². The molecule has 1 aromatic carbocycles. The molecule has 0 saturated heterocycles. The number of hydrogen-bond donors (Lipinski definition) is 0. The van der Waals surface area contributed by atoms with Gasteiger partial charge in [0.25, 0.3) is 5.91 Å². The number of aromatic nitrogens is 1. The van der Waals surface area contributed by atoms with Gasteiger partial charge >= 0.3 is 5.97 Å². The van der Waals surface area contributed by atoms with E-state index in [9.17, 15) is 9.59 Å². The third-order valence-electron chi connectivity index (χ3n) is 4.42. The van der Waals surface area contributed by atoms with Crippen LogP contribution in [0.25, 0.3) is 10.9 Å². The monoisotopic (exact) mass is 326 g/mol. The van der Waals surface area contributed by atoms with Crippen LogP contribution in [0.5, 0.6) is 0 Å². The molecule has 1 aliphatic carbocycles. The topological polar surface area (TPSA) is 51.5 Å². The van der Waals surface area contributed by atoms with Gasteiger partial charge in [-0.05, 0) is 32.3 Å². The SMILES string of the molecule is CCN(C(=O)COC(=O)c1cn(C)c2ccccc12)C1=CCCC1. The molecule has 0 bridgehead atoms. The minimum atomic E-state index is -0.461. The van der Waals surface area contributed by atoms with Crippen LogP contribution in [-0.4, -0.2) is 34.5 Å². The average Bonchev–Trinajstić information content (AvgIpc) is 3.22. The van der Waals surface area contributed by atoms with Gasteiger partial charge in [-0.1, -0.05) is 24.3 Å². The lowest BCUT2D eigenvalue weighted by Crippen LogP contribution is -2.33. The molecule has 0 saturated carbocycles. The zero-order chi connectivity index (χ0) is 17.1. The van der Waals surface area contributed by atoms with Crippen molar-refractivity contribution < 1.29 is 14.3 Å². The highest BCUT2D eigenvalue weighted by molar-refractivity contribution is 6.04. The molecule has 126 valence electrons. The normalized spacial score (nSPS) is 13.8. The number of para-hydroxylation sites is 1. The third-order valence-corrected chi connectivity index (χ3v) is 4.42. The average molecular weight is 326 g/mol. The zero-order valence-electron chi connectivity index (χ0n) is 14.1. The molecule has 0 unspecified atom stereocenters. The second-order valence-electron chi connectivity index (χ2n) is 5.97. The lowest BCUT2D eigenvalue weighted by Gasteiger charge is -2.22. The smallest absolute Gasteiger partial charge is 0.340 e. The Morgan fingerprint density at radius 1 is 1.29 bits per heavy atom. The maximum atomic E-state index is 12.4. The summed E-state index contributed by atoms with van der Waals surface area (Å²) in [5.74, 6) is -0.629. The summed E-state index contributed by atoms with van der Waals surface area (Å²) >= 11 is 0. The molecule has 0 atom stereocenters. The predicted molar refractivity (Wildman–Crippen MR) is 92.5 cm³/mol. The summed E-state index contributed by atoms with van der Waals surface area (Å²) in [6.45, 7) is 2.30. The maximum absolute atomic E-state index is 12.4. The molecule has 3 rings (SSSR count). The molecule has 24 heavy (non-hydrogen) atoms. The van der Waals surface area contributed by atoms with Crippen LogP contribution in [0.4, 0.5) is 0 Å². The van der Waals surface area contributed by atoms with Crippen LogP contribution in [0.15, 0.2) is 42.2 Å². The summed E-state index contributed by atoms with van der Waals surface area (Å²) in [7, 11) is 1.88. The van der Waals surface area contributed by atoms with Gasteiger partial charge in [-0.2, -0.15) is 0 Å². The number of likely N-dealkylation sites (N-methyl/N-ethyl adjacent to an activating group) is 1. The molecule has 0 aliphatic heterocycles. The number of fused-ring (bicyclic) bond motifs is 1. The third kappa shape index (κ3) is 3.07. The fourth-order valence-corrected chi connectivity index (χ4v) is 3.23. The van der Waals surface area contributed by atoms with E-state index in [0.717, 1.165) is 35.9 Å². The molecule has 1 aliphatic rings. The van der Waals surface area contributed by atoms with Crippen LogP contribution in [0.1, 0.15) is 36.5 Å². The van der Waals surface area contributed by atoms with Gasteiger partial charge < -0.3 is 14.2 Å². The molecule has 5 heteroatoms. The van der Waals surface area contributed by atoms with E-state index >= 15 is 0 Å². The van der Waals surface area contributed by atoms with E-state index in [0.29, 0.717) is 12.1 Å². The van der Waals surface area contributed by atoms with Crippen LogP contribution < -0.4 is 0 Å². The van der Waals surface area contributed by atoms with Crippen LogP contribution in [0.2, 0.25) is 0 Å². The highest BCUT2D eigenvalue weighted by Gasteiger charge is 2.21. The van der Waals surface area contributed by atoms with Crippen LogP contribution in [0.3, 0.4) is 0 Å². The summed E-state index contributed by atoms with van der Waals surface area (Å²) in [5.41, 5.74) is 2.50. The van der Waals surface area contributed by atoms with Gasteiger partial charge in [0.15, 0.2) is 6.61 Å². The van der Waals surface area contributed by atoms with E-state index in [1.807, 2.05) is 42.8 Å². The Bertz CT molecular complexity index is 804. The van der Waals surface area contributed by atoms with Crippen molar-refractivity contribution in [1.82, 2.24) is 9.47 Å². The van der Waals surface area contributed by atoms with Crippen molar-refractivity contribution in [3.8, 4) is 0 Å². The number of nitrogens with zero attached hydrogens (tertiary/aromatic N) is 2. The van der Waals surface area contributed by atoms with Crippen molar-refractivity contribution in [3.63, 3.8) is 0 Å². The predicted octanol–water partition coefficient (Wildman–Crippen LogP) is 3.25. The number of esters is 1. The number of rotatable bonds is 5. The molecule has 0 N–H and O–H groups in total. The van der Waals surface area contributed by atoms with Gasteiger partial charge in [-0.15, -0.1) is 0 Å². The van der Waals surface area contributed by atoms with Gasteiger partial charge in [-0.3, -0.25) is 4.79 Å². The first-order chi connectivity index (χ1) is 11.6. The molecular weight excluding hydrogens is 304 g/mol. The van der Waals surface area contributed by atoms with Crippen molar-refractivity contribution in [2.45, 2.75) is 26.2 Å². The molecular formula is C19H22N2O3. The van der Waals surface area contributed by atoms with Crippen molar-refractivity contribution in [1.29, 1.82) is 0 Å². The number of carbonyl (C=O) groups excluding carboxylic acids is 2. The number of aryl methyl sites for hydroxylation is 1. The van der Waals surface area contributed by atoms with Gasteiger partial charge in [0.05, 0.1) is 5.56 Å². The van der Waals surface area contributed by atoms with Gasteiger partial charge in [0, 0.05) is 36.4 Å². The summed E-state index contributed by atoms with van der Waals surface area (Å²) in [4.78, 5) is 26.5. The second-order valence-corrected chi connectivity index (χ2v) is 5.97. The number of ether oxygens (including phenoxy) is 1. The quantitative estimate of drug-likeness (QED) is 0.793. The first-order valence-corrected chi connectivity index (χ1v) is 8.32. The highest BCUT2D eigenvalue weighted by atomic mass is 16.5. The number of benzene rings is 1. The van der Waals surface area contributed by atoms with Crippen molar-refractivity contribution in [2.75, 3.05) is 13.2 Å². The number of amides is 1. The number of carbonyl (C=O) groups is 2. The van der Waals surface area contributed by atoms with Crippen molar-refractivity contribution in [3.05, 3.63) is 47.8 Å². The summed E-state index contributed by atoms with van der Waals surface area (Å²) in [6.07, 6.45) is 6.84. The first-order valence-electron chi connectivity index (χ1n) is 8.32. The van der Waals surface area contributed by atoms with Crippen LogP contribution >= 0.6 is 0 Å². The lowest BCUT2D eigenvalue weighted by molar-refractivity contribution is -0.132. The van der Waals surface area contributed by atoms with E-state index in [4.69, 9.17) is 4.74 Å². The number of allylic oxidation sites excluding steroid dienone is 2. The Balaban J connectivity index is 1.69. The Morgan fingerprint density at radius 3 is 2.79 bits per heavy atom. The van der Waals surface area contributed by atoms with Gasteiger partial charge in [0.1, 0.15) is 0 Å². The Labute approximate surface area is 141 Å². The fraction of sp³-hybridized carbons (Fsp3) is 0.368. The Kier molecular flexibility index (Phi) is 4.69. The van der Waals surface area contributed by atoms with Crippen molar-refractivity contribution in [2.24, 2.45) is 7.05 Å². The van der Waals surface area contributed by atoms with Gasteiger partial charge in [0.2, 0.25) is 0 Å². The zero-order valence-corrected chi connectivity index (χ0v) is 14.1. The largest absolute Gasteiger partial charge is 0.452 e. The molecule has 1 amide bonds. The first kappa shape index (κ1) is 16.3. The molecule has 1 aromatic heterocycles. The number of hydrogen-bond acceptors (Lipinski definition) is 3. The molecule has 5 nitrogen and oxygen atoms in total. The molecule has 1 heterocycles. The van der Waals surface area contributed by atoms with Crippen LogP contribution in [-0.2, 0) is 16.6 Å². The Hall–Kier alpha value is -2.56. The molecule has 0 spiro atoms. The molecule has 2 aromatic rings. The van der Waals surface area contributed by atoms with Crippen LogP contribution in [0, 0.1) is 0 Å². The summed E-state index contributed by atoms with van der Waals surface area (Å²) in [6, 6.07) is 7.64. The van der Waals surface area contributed by atoms with E-state index in [1.54, 1.807) is 11.1 Å². The minimum absolute atomic E-state index is 0.167. The van der Waals surface area contributed by atoms with E-state index in [-0.39, 0.29) is 12.5 Å². The summed E-state index contributed by atoms with van der Waals surface area (Å²) in [5, 5.41) is 0.836. The molecule has 0 fully saturated rings.